The fourth-order valence-corrected chi connectivity index (χ4v) is 5.19. The Kier molecular flexibility index (Phi) is 3.76. The molecule has 0 radical (unpaired) electrons. The highest BCUT2D eigenvalue weighted by atomic mass is 16.3. The maximum Gasteiger partial charge on any atom is 0.252 e. The molecular weight excluding hydrogens is 316 g/mol. The number of aliphatic hydroxyl groups is 1. The number of aromatic amines is 1. The van der Waals surface area contributed by atoms with E-state index in [-0.39, 0.29) is 6.04 Å². The molecule has 2 bridgehead atoms. The summed E-state index contributed by atoms with van der Waals surface area (Å²) in [6, 6.07) is 2.17. The molecule has 2 fully saturated rings. The minimum atomic E-state index is -0.595. The third-order valence-electron chi connectivity index (χ3n) is 5.99. The number of nitrogens with one attached hydrogen (secondary N) is 2. The molecule has 6 heteroatoms. The van der Waals surface area contributed by atoms with Crippen molar-refractivity contribution < 1.29 is 9.90 Å². The second kappa shape index (κ2) is 5.73. The molecule has 2 aliphatic rings. The van der Waals surface area contributed by atoms with Gasteiger partial charge in [-0.15, -0.1) is 0 Å². The van der Waals surface area contributed by atoms with Crippen LogP contribution in [0.5, 0.6) is 0 Å². The Balaban J connectivity index is 1.72. The number of H-pyrrole nitrogens is 1. The number of primary amides is 1. The van der Waals surface area contributed by atoms with Crippen molar-refractivity contribution in [2.75, 3.05) is 5.32 Å². The van der Waals surface area contributed by atoms with Crippen molar-refractivity contribution in [1.82, 2.24) is 9.97 Å². The first-order valence-electron chi connectivity index (χ1n) is 9.09. The lowest BCUT2D eigenvalue weighted by Crippen LogP contribution is -2.52. The van der Waals surface area contributed by atoms with Gasteiger partial charge in [-0.2, -0.15) is 0 Å². The molecule has 6 nitrogen and oxygen atoms in total. The number of carbonyl (C=O) groups excluding carboxylic acids is 1. The number of pyridine rings is 1. The van der Waals surface area contributed by atoms with Gasteiger partial charge in [0, 0.05) is 23.8 Å². The van der Waals surface area contributed by atoms with Gasteiger partial charge in [-0.1, -0.05) is 6.92 Å². The van der Waals surface area contributed by atoms with E-state index in [9.17, 15) is 9.90 Å². The van der Waals surface area contributed by atoms with E-state index in [0.29, 0.717) is 23.3 Å². The number of carbonyl (C=O) groups is 1. The van der Waals surface area contributed by atoms with E-state index >= 15 is 0 Å². The van der Waals surface area contributed by atoms with Crippen LogP contribution < -0.4 is 11.1 Å². The number of fused-ring (bicyclic) bond motifs is 3. The Morgan fingerprint density at radius 2 is 2.08 bits per heavy atom. The van der Waals surface area contributed by atoms with Gasteiger partial charge in [-0.05, 0) is 56.4 Å². The molecule has 2 heterocycles. The summed E-state index contributed by atoms with van der Waals surface area (Å²) in [6.45, 7) is 4.24. The van der Waals surface area contributed by atoms with Crippen molar-refractivity contribution in [1.29, 1.82) is 0 Å². The molecule has 2 aromatic heterocycles. The average molecular weight is 342 g/mol. The van der Waals surface area contributed by atoms with E-state index in [1.807, 2.05) is 19.2 Å². The highest BCUT2D eigenvalue weighted by Gasteiger charge is 2.46. The van der Waals surface area contributed by atoms with E-state index in [0.717, 1.165) is 42.4 Å². The molecule has 1 unspecified atom stereocenters. The molecule has 4 rings (SSSR count). The van der Waals surface area contributed by atoms with Crippen LogP contribution in [0.1, 0.15) is 49.9 Å². The van der Waals surface area contributed by atoms with Gasteiger partial charge >= 0.3 is 0 Å². The Hall–Kier alpha value is -2.08. The molecule has 0 aromatic carbocycles. The quantitative estimate of drug-likeness (QED) is 0.688. The first kappa shape index (κ1) is 16.4. The van der Waals surface area contributed by atoms with Crippen LogP contribution in [0.4, 0.5) is 5.69 Å². The third-order valence-corrected chi connectivity index (χ3v) is 5.99. The minimum absolute atomic E-state index is 0.245. The number of rotatable bonds is 3. The number of nitrogens with zero attached hydrogens (tertiary/aromatic N) is 1. The first-order chi connectivity index (χ1) is 11.8. The molecular formula is C19H26N4O2. The maximum absolute atomic E-state index is 11.9. The Labute approximate surface area is 147 Å². The van der Waals surface area contributed by atoms with Gasteiger partial charge in [-0.25, -0.2) is 4.98 Å². The zero-order valence-corrected chi connectivity index (χ0v) is 14.7. The molecule has 25 heavy (non-hydrogen) atoms. The molecule has 0 aliphatic heterocycles. The predicted octanol–water partition coefficient (Wildman–Crippen LogP) is 2.65. The summed E-state index contributed by atoms with van der Waals surface area (Å²) in [5, 5.41) is 15.2. The normalized spacial score (nSPS) is 34.8. The monoisotopic (exact) mass is 342 g/mol. The summed E-state index contributed by atoms with van der Waals surface area (Å²) in [4.78, 5) is 19.3. The van der Waals surface area contributed by atoms with Gasteiger partial charge in [-0.3, -0.25) is 4.79 Å². The summed E-state index contributed by atoms with van der Waals surface area (Å²) in [7, 11) is 0. The van der Waals surface area contributed by atoms with Crippen molar-refractivity contribution in [2.24, 2.45) is 23.5 Å². The van der Waals surface area contributed by atoms with Gasteiger partial charge in [0.2, 0.25) is 0 Å². The fourth-order valence-electron chi connectivity index (χ4n) is 5.19. The van der Waals surface area contributed by atoms with E-state index in [1.54, 1.807) is 6.20 Å². The van der Waals surface area contributed by atoms with Crippen LogP contribution >= 0.6 is 0 Å². The second-order valence-electron chi connectivity index (χ2n) is 8.32. The topological polar surface area (TPSA) is 104 Å². The minimum Gasteiger partial charge on any atom is -0.390 e. The second-order valence-corrected chi connectivity index (χ2v) is 8.32. The third kappa shape index (κ3) is 2.88. The van der Waals surface area contributed by atoms with Crippen LogP contribution in [0.2, 0.25) is 0 Å². The SMILES string of the molecule is CC1C[C@@H]2C[C@](C)(O)C[C@H](C1)[C@@H]2Nc1c(C(N)=O)cnc2[nH]ccc12. The molecule has 2 aromatic rings. The summed E-state index contributed by atoms with van der Waals surface area (Å²) in [6.07, 6.45) is 7.13. The number of anilines is 1. The molecule has 0 spiro atoms. The molecule has 2 aliphatic carbocycles. The van der Waals surface area contributed by atoms with Crippen molar-refractivity contribution >= 4 is 22.6 Å². The average Bonchev–Trinajstić information content (AvgIpc) is 2.96. The largest absolute Gasteiger partial charge is 0.390 e. The van der Waals surface area contributed by atoms with Gasteiger partial charge in [0.25, 0.3) is 5.91 Å². The Bertz CT molecular complexity index is 795. The highest BCUT2D eigenvalue weighted by Crippen LogP contribution is 2.48. The fraction of sp³-hybridized carbons (Fsp3) is 0.579. The van der Waals surface area contributed by atoms with Crippen LogP contribution in [-0.2, 0) is 0 Å². The zero-order chi connectivity index (χ0) is 17.8. The number of amides is 1. The molecule has 134 valence electrons. The lowest BCUT2D eigenvalue weighted by molar-refractivity contribution is -0.0524. The van der Waals surface area contributed by atoms with E-state index < -0.39 is 11.5 Å². The highest BCUT2D eigenvalue weighted by molar-refractivity contribution is 6.06. The summed E-state index contributed by atoms with van der Waals surface area (Å²) < 4.78 is 0. The molecule has 2 saturated carbocycles. The smallest absolute Gasteiger partial charge is 0.252 e. The lowest BCUT2D eigenvalue weighted by Gasteiger charge is -2.50. The molecule has 1 amide bonds. The number of aromatic nitrogens is 2. The van der Waals surface area contributed by atoms with Gasteiger partial charge in [0.1, 0.15) is 5.65 Å². The van der Waals surface area contributed by atoms with Crippen molar-refractivity contribution in [3.8, 4) is 0 Å². The molecule has 5 N–H and O–H groups in total. The standard InChI is InChI=1S/C19H26N4O2/c1-10-5-11-7-19(2,25)8-12(6-10)15(11)23-16-13-3-4-21-18(13)22-9-14(16)17(20)24/h3-4,9-12,15,25H,5-8H2,1-2H3,(H2,20,24)(H2,21,22,23)/t10?,11-,12+,15-,19+. The van der Waals surface area contributed by atoms with Crippen LogP contribution in [0.25, 0.3) is 11.0 Å². The molecule has 0 saturated heterocycles. The van der Waals surface area contributed by atoms with Crippen LogP contribution in [0.15, 0.2) is 18.5 Å². The Morgan fingerprint density at radius 1 is 1.40 bits per heavy atom. The van der Waals surface area contributed by atoms with Gasteiger partial charge in [0.05, 0.1) is 16.9 Å². The number of nitrogens with two attached hydrogens (primary N) is 1. The maximum atomic E-state index is 11.9. The summed E-state index contributed by atoms with van der Waals surface area (Å²) in [5.74, 6) is 0.977. The van der Waals surface area contributed by atoms with E-state index in [2.05, 4.69) is 22.2 Å². The lowest BCUT2D eigenvalue weighted by atomic mass is 9.61. The van der Waals surface area contributed by atoms with Crippen molar-refractivity contribution in [3.63, 3.8) is 0 Å². The van der Waals surface area contributed by atoms with E-state index in [1.165, 1.54) is 0 Å². The van der Waals surface area contributed by atoms with Crippen LogP contribution in [-0.4, -0.2) is 32.6 Å². The van der Waals surface area contributed by atoms with Crippen molar-refractivity contribution in [2.45, 2.75) is 51.2 Å². The Morgan fingerprint density at radius 3 is 2.72 bits per heavy atom. The molecule has 5 atom stereocenters. The predicted molar refractivity (Wildman–Crippen MR) is 97.3 cm³/mol. The van der Waals surface area contributed by atoms with E-state index in [4.69, 9.17) is 5.73 Å². The van der Waals surface area contributed by atoms with Crippen LogP contribution in [0, 0.1) is 17.8 Å². The number of hydrogen-bond acceptors (Lipinski definition) is 4. The number of hydrogen-bond donors (Lipinski definition) is 4. The summed E-state index contributed by atoms with van der Waals surface area (Å²) >= 11 is 0. The van der Waals surface area contributed by atoms with Gasteiger partial charge in [0.15, 0.2) is 0 Å². The van der Waals surface area contributed by atoms with Crippen molar-refractivity contribution in [3.05, 3.63) is 24.0 Å². The zero-order valence-electron chi connectivity index (χ0n) is 14.7. The van der Waals surface area contributed by atoms with Gasteiger partial charge < -0.3 is 21.1 Å². The van der Waals surface area contributed by atoms with Crippen LogP contribution in [0.3, 0.4) is 0 Å². The first-order valence-corrected chi connectivity index (χ1v) is 9.09. The summed E-state index contributed by atoms with van der Waals surface area (Å²) in [5.41, 5.74) is 6.94.